The Kier molecular flexibility index (Phi) is 7.30. The van der Waals surface area contributed by atoms with Gasteiger partial charge in [0, 0.05) is 0 Å². The number of hydrogen-bond donors (Lipinski definition) is 1. The Morgan fingerprint density at radius 2 is 1.56 bits per heavy atom. The van der Waals surface area contributed by atoms with Crippen molar-refractivity contribution < 1.29 is 17.6 Å². The number of sulfonamides is 1. The zero-order valence-electron chi connectivity index (χ0n) is 18.4. The fraction of sp³-hybridized carbons (Fsp3) is 0.240. The van der Waals surface area contributed by atoms with E-state index >= 15 is 0 Å². The lowest BCUT2D eigenvalue weighted by Gasteiger charge is -2.25. The molecule has 32 heavy (non-hydrogen) atoms. The van der Waals surface area contributed by atoms with Crippen LogP contribution in [0.15, 0.2) is 77.7 Å². The van der Waals surface area contributed by atoms with E-state index in [0.29, 0.717) is 5.69 Å². The number of rotatable bonds is 8. The summed E-state index contributed by atoms with van der Waals surface area (Å²) < 4.78 is 41.0. The maximum Gasteiger partial charge on any atom is 0.264 e. The lowest BCUT2D eigenvalue weighted by atomic mass is 10.1. The van der Waals surface area contributed by atoms with Gasteiger partial charge in [0.05, 0.1) is 16.6 Å². The molecule has 0 spiro atoms. The number of carbonyl (C=O) groups is 1. The summed E-state index contributed by atoms with van der Waals surface area (Å²) in [6.45, 7) is 5.41. The number of carbonyl (C=O) groups excluding carboxylic acids is 1. The number of anilines is 1. The molecule has 0 aliphatic rings. The Labute approximate surface area is 188 Å². The Hall–Kier alpha value is -3.19. The van der Waals surface area contributed by atoms with E-state index in [2.05, 4.69) is 12.2 Å². The molecule has 168 valence electrons. The number of aryl methyl sites for hydroxylation is 2. The molecule has 0 fully saturated rings. The third kappa shape index (κ3) is 5.53. The van der Waals surface area contributed by atoms with Crippen LogP contribution >= 0.6 is 0 Å². The van der Waals surface area contributed by atoms with Crippen molar-refractivity contribution in [2.75, 3.05) is 10.8 Å². The molecule has 7 heteroatoms. The van der Waals surface area contributed by atoms with Gasteiger partial charge in [-0.25, -0.2) is 12.8 Å². The van der Waals surface area contributed by atoms with E-state index in [1.165, 1.54) is 17.7 Å². The molecule has 0 aliphatic carbocycles. The van der Waals surface area contributed by atoms with Crippen molar-refractivity contribution in [2.45, 2.75) is 38.1 Å². The number of nitrogens with zero attached hydrogens (tertiary/aromatic N) is 1. The largest absolute Gasteiger partial charge is 0.348 e. The normalized spacial score (nSPS) is 12.2. The molecule has 3 rings (SSSR count). The number of nitrogens with one attached hydrogen (secondary N) is 1. The third-order valence-corrected chi connectivity index (χ3v) is 7.06. The van der Waals surface area contributed by atoms with Gasteiger partial charge in [0.1, 0.15) is 12.4 Å². The van der Waals surface area contributed by atoms with Gasteiger partial charge in [0.15, 0.2) is 0 Å². The average molecular weight is 455 g/mol. The minimum absolute atomic E-state index is 0.0875. The third-order valence-electron chi connectivity index (χ3n) is 5.28. The van der Waals surface area contributed by atoms with Crippen LogP contribution in [0, 0.1) is 12.7 Å². The summed E-state index contributed by atoms with van der Waals surface area (Å²) >= 11 is 0. The maximum absolute atomic E-state index is 13.3. The van der Waals surface area contributed by atoms with Gasteiger partial charge in [-0.3, -0.25) is 9.10 Å². The van der Waals surface area contributed by atoms with Crippen molar-refractivity contribution in [3.8, 4) is 0 Å². The minimum Gasteiger partial charge on any atom is -0.348 e. The Morgan fingerprint density at radius 1 is 0.969 bits per heavy atom. The van der Waals surface area contributed by atoms with Crippen LogP contribution in [0.4, 0.5) is 10.1 Å². The molecule has 1 unspecified atom stereocenters. The summed E-state index contributed by atoms with van der Waals surface area (Å²) in [7, 11) is -4.08. The van der Waals surface area contributed by atoms with Gasteiger partial charge < -0.3 is 5.32 Å². The van der Waals surface area contributed by atoms with Gasteiger partial charge in [-0.05, 0) is 67.8 Å². The van der Waals surface area contributed by atoms with Crippen molar-refractivity contribution in [1.82, 2.24) is 5.32 Å². The summed E-state index contributed by atoms with van der Waals surface area (Å²) in [5, 5.41) is 2.87. The van der Waals surface area contributed by atoms with Gasteiger partial charge in [0.2, 0.25) is 5.91 Å². The van der Waals surface area contributed by atoms with Crippen LogP contribution in [0.5, 0.6) is 0 Å². The highest BCUT2D eigenvalue weighted by Crippen LogP contribution is 2.24. The monoisotopic (exact) mass is 454 g/mol. The topological polar surface area (TPSA) is 66.5 Å². The van der Waals surface area contributed by atoms with E-state index < -0.39 is 28.3 Å². The number of halogens is 1. The zero-order valence-corrected chi connectivity index (χ0v) is 19.2. The standard InChI is InChI=1S/C25H27FN2O3S/c1-4-20-7-9-21(10-8-20)19(3)27-25(29)17-28(23-13-5-18(2)6-14-23)32(30,31)24-15-11-22(26)12-16-24/h5-16,19H,4,17H2,1-3H3,(H,27,29). The van der Waals surface area contributed by atoms with Crippen LogP contribution in [0.2, 0.25) is 0 Å². The van der Waals surface area contributed by atoms with Crippen LogP contribution in [0.3, 0.4) is 0 Å². The molecule has 0 saturated carbocycles. The van der Waals surface area contributed by atoms with Gasteiger partial charge in [-0.15, -0.1) is 0 Å². The van der Waals surface area contributed by atoms with Gasteiger partial charge in [-0.1, -0.05) is 48.9 Å². The molecule has 0 aromatic heterocycles. The predicted octanol–water partition coefficient (Wildman–Crippen LogP) is 4.77. The number of benzene rings is 3. The fourth-order valence-corrected chi connectivity index (χ4v) is 4.72. The molecule has 1 amide bonds. The van der Waals surface area contributed by atoms with Crippen molar-refractivity contribution in [2.24, 2.45) is 0 Å². The SMILES string of the molecule is CCc1ccc(C(C)NC(=O)CN(c2ccc(C)cc2)S(=O)(=O)c2ccc(F)cc2)cc1. The van der Waals surface area contributed by atoms with Crippen LogP contribution in [0.1, 0.15) is 36.6 Å². The molecule has 0 saturated heterocycles. The smallest absolute Gasteiger partial charge is 0.264 e. The number of hydrogen-bond acceptors (Lipinski definition) is 3. The van der Waals surface area contributed by atoms with E-state index in [-0.39, 0.29) is 10.9 Å². The molecule has 1 N–H and O–H groups in total. The van der Waals surface area contributed by atoms with Crippen LogP contribution in [-0.2, 0) is 21.2 Å². The molecule has 3 aromatic rings. The second kappa shape index (κ2) is 9.96. The van der Waals surface area contributed by atoms with E-state index in [0.717, 1.165) is 34.0 Å². The first-order valence-electron chi connectivity index (χ1n) is 10.4. The van der Waals surface area contributed by atoms with Crippen molar-refractivity contribution in [3.05, 3.63) is 95.3 Å². The lowest BCUT2D eigenvalue weighted by Crippen LogP contribution is -2.41. The number of amides is 1. The van der Waals surface area contributed by atoms with E-state index in [9.17, 15) is 17.6 Å². The zero-order chi connectivity index (χ0) is 23.3. The molecule has 3 aromatic carbocycles. The fourth-order valence-electron chi connectivity index (χ4n) is 3.30. The highest BCUT2D eigenvalue weighted by atomic mass is 32.2. The highest BCUT2D eigenvalue weighted by molar-refractivity contribution is 7.92. The molecule has 0 bridgehead atoms. The molecule has 5 nitrogen and oxygen atoms in total. The van der Waals surface area contributed by atoms with E-state index in [1.807, 2.05) is 38.1 Å². The van der Waals surface area contributed by atoms with Gasteiger partial charge >= 0.3 is 0 Å². The molecule has 0 aliphatic heterocycles. The molecule has 0 heterocycles. The minimum atomic E-state index is -4.08. The summed E-state index contributed by atoms with van der Waals surface area (Å²) in [6, 6.07) is 19.1. The van der Waals surface area contributed by atoms with Crippen LogP contribution in [0.25, 0.3) is 0 Å². The second-order valence-electron chi connectivity index (χ2n) is 7.69. The molecular weight excluding hydrogens is 427 g/mol. The predicted molar refractivity (Wildman–Crippen MR) is 124 cm³/mol. The summed E-state index contributed by atoms with van der Waals surface area (Å²) in [5.74, 6) is -0.977. The van der Waals surface area contributed by atoms with Gasteiger partial charge in [-0.2, -0.15) is 0 Å². The lowest BCUT2D eigenvalue weighted by molar-refractivity contribution is -0.120. The van der Waals surface area contributed by atoms with Crippen LogP contribution in [-0.4, -0.2) is 20.9 Å². The van der Waals surface area contributed by atoms with E-state index in [1.54, 1.807) is 24.3 Å². The maximum atomic E-state index is 13.3. The summed E-state index contributed by atoms with van der Waals surface area (Å²) in [6.07, 6.45) is 0.924. The summed E-state index contributed by atoms with van der Waals surface area (Å²) in [5.41, 5.74) is 3.44. The molecule has 1 atom stereocenters. The van der Waals surface area contributed by atoms with E-state index in [4.69, 9.17) is 0 Å². The Balaban J connectivity index is 1.85. The summed E-state index contributed by atoms with van der Waals surface area (Å²) in [4.78, 5) is 12.8. The average Bonchev–Trinajstić information content (AvgIpc) is 2.78. The van der Waals surface area contributed by atoms with Crippen molar-refractivity contribution in [1.29, 1.82) is 0 Å². The van der Waals surface area contributed by atoms with Crippen molar-refractivity contribution >= 4 is 21.6 Å². The van der Waals surface area contributed by atoms with Crippen LogP contribution < -0.4 is 9.62 Å². The molecular formula is C25H27FN2O3S. The first-order chi connectivity index (χ1) is 15.2. The Morgan fingerprint density at radius 3 is 2.12 bits per heavy atom. The first kappa shape index (κ1) is 23.5. The quantitative estimate of drug-likeness (QED) is 0.533. The van der Waals surface area contributed by atoms with Crippen molar-refractivity contribution in [3.63, 3.8) is 0 Å². The first-order valence-corrected chi connectivity index (χ1v) is 11.9. The second-order valence-corrected chi connectivity index (χ2v) is 9.55. The van der Waals surface area contributed by atoms with Gasteiger partial charge in [0.25, 0.3) is 10.0 Å². The highest BCUT2D eigenvalue weighted by Gasteiger charge is 2.27. The Bertz CT molecular complexity index is 1160. The molecule has 0 radical (unpaired) electrons.